The lowest BCUT2D eigenvalue weighted by Crippen LogP contribution is -2.60. The number of amides is 3. The van der Waals surface area contributed by atoms with E-state index in [2.05, 4.69) is 6.92 Å². The Morgan fingerprint density at radius 3 is 2.25 bits per heavy atom. The average molecular weight is 996 g/mol. The van der Waals surface area contributed by atoms with Crippen LogP contribution in [0.15, 0.2) is 47.6 Å². The van der Waals surface area contributed by atoms with Crippen molar-refractivity contribution in [1.29, 1.82) is 0 Å². The molecule has 5 aliphatic rings. The van der Waals surface area contributed by atoms with E-state index in [-0.39, 0.29) is 60.0 Å². The molecule has 3 N–H and O–H groups in total. The molecule has 15 nitrogen and oxygen atoms in total. The van der Waals surface area contributed by atoms with Gasteiger partial charge < -0.3 is 49.0 Å². The highest BCUT2D eigenvalue weighted by Gasteiger charge is 2.53. The third-order valence-corrected chi connectivity index (χ3v) is 16.5. The van der Waals surface area contributed by atoms with Gasteiger partial charge in [0.15, 0.2) is 5.78 Å². The topological polar surface area (TPSA) is 193 Å². The average Bonchev–Trinajstić information content (AvgIpc) is 3.67. The lowest BCUT2D eigenvalue weighted by molar-refractivity contribution is -0.264. The molecular weight excluding hydrogens is 907 g/mol. The third kappa shape index (κ3) is 15.4. The molecule has 4 aliphatic heterocycles. The number of nitrogens with zero attached hydrogens (tertiary/aromatic N) is 3. The van der Waals surface area contributed by atoms with E-state index in [1.54, 1.807) is 32.9 Å². The number of aliphatic hydroxyl groups is 3. The van der Waals surface area contributed by atoms with E-state index < -0.39 is 65.9 Å². The Morgan fingerprint density at radius 2 is 1.56 bits per heavy atom. The molecular formula is C56H89N3O12. The Labute approximate surface area is 424 Å². The van der Waals surface area contributed by atoms with Gasteiger partial charge in [-0.3, -0.25) is 14.4 Å². The van der Waals surface area contributed by atoms with Crippen LogP contribution in [0.1, 0.15) is 138 Å². The van der Waals surface area contributed by atoms with Gasteiger partial charge in [-0.1, -0.05) is 76.6 Å². The van der Waals surface area contributed by atoms with Crippen LogP contribution >= 0.6 is 0 Å². The number of ketones is 2. The van der Waals surface area contributed by atoms with Gasteiger partial charge in [0.2, 0.25) is 5.79 Å². The molecule has 1 aliphatic carbocycles. The van der Waals surface area contributed by atoms with E-state index in [4.69, 9.17) is 18.9 Å². The van der Waals surface area contributed by atoms with Crippen molar-refractivity contribution in [1.82, 2.24) is 14.7 Å². The van der Waals surface area contributed by atoms with Crippen LogP contribution in [0, 0.1) is 41.4 Å². The van der Waals surface area contributed by atoms with Gasteiger partial charge in [0.05, 0.1) is 18.3 Å². The van der Waals surface area contributed by atoms with Gasteiger partial charge in [-0.25, -0.2) is 9.59 Å². The number of piperidine rings is 1. The van der Waals surface area contributed by atoms with Crippen LogP contribution in [0.2, 0.25) is 0 Å². The fourth-order valence-corrected chi connectivity index (χ4v) is 11.7. The van der Waals surface area contributed by atoms with Crippen molar-refractivity contribution in [3.8, 4) is 0 Å². The third-order valence-electron chi connectivity index (χ3n) is 16.5. The number of rotatable bonds is 8. The minimum absolute atomic E-state index is 0.0255. The molecule has 71 heavy (non-hydrogen) atoms. The molecule has 3 amide bonds. The maximum atomic E-state index is 14.5. The first kappa shape index (κ1) is 58.2. The van der Waals surface area contributed by atoms with Gasteiger partial charge in [0.1, 0.15) is 24.4 Å². The lowest BCUT2D eigenvalue weighted by atomic mass is 9.78. The number of hydrogen-bond acceptors (Lipinski definition) is 12. The summed E-state index contributed by atoms with van der Waals surface area (Å²) in [7, 11) is 4.84. The second-order valence-corrected chi connectivity index (χ2v) is 22.1. The molecule has 15 atom stereocenters. The number of Topliss-reactive ketones (excluding diaryl/α,β-unsaturated/α-hetero) is 2. The molecule has 4 fully saturated rings. The van der Waals surface area contributed by atoms with Crippen molar-refractivity contribution in [3.63, 3.8) is 0 Å². The zero-order valence-electron chi connectivity index (χ0n) is 44.6. The highest BCUT2D eigenvalue weighted by molar-refractivity contribution is 6.39. The van der Waals surface area contributed by atoms with Gasteiger partial charge >= 0.3 is 12.0 Å². The Kier molecular flexibility index (Phi) is 22.1. The fraction of sp³-hybridized carbons (Fsp3) is 0.768. The van der Waals surface area contributed by atoms with Crippen LogP contribution in [0.4, 0.5) is 4.79 Å². The van der Waals surface area contributed by atoms with Gasteiger partial charge in [0.25, 0.3) is 11.7 Å². The van der Waals surface area contributed by atoms with Crippen molar-refractivity contribution < 1.29 is 58.2 Å². The molecule has 1 unspecified atom stereocenters. The number of fused-ring (bicyclic) bond motifs is 3. The number of esters is 1. The molecule has 1 saturated carbocycles. The maximum absolute atomic E-state index is 14.5. The van der Waals surface area contributed by atoms with E-state index in [0.717, 1.165) is 12.0 Å². The molecule has 400 valence electrons. The van der Waals surface area contributed by atoms with E-state index in [1.165, 1.54) is 12.0 Å². The van der Waals surface area contributed by atoms with E-state index in [0.29, 0.717) is 109 Å². The lowest BCUT2D eigenvalue weighted by Gasteiger charge is -2.43. The van der Waals surface area contributed by atoms with Crippen molar-refractivity contribution in [3.05, 3.63) is 47.6 Å². The number of methoxy groups -OCH3 is 2. The predicted molar refractivity (Wildman–Crippen MR) is 272 cm³/mol. The summed E-state index contributed by atoms with van der Waals surface area (Å²) in [4.78, 5) is 75.0. The van der Waals surface area contributed by atoms with Gasteiger partial charge in [-0.15, -0.1) is 0 Å². The smallest absolute Gasteiger partial charge is 0.329 e. The molecule has 15 heteroatoms. The molecule has 0 aromatic heterocycles. The molecule has 3 saturated heterocycles. The minimum atomic E-state index is -2.41. The highest BCUT2D eigenvalue weighted by Crippen LogP contribution is 2.39. The molecule has 2 bridgehead atoms. The van der Waals surface area contributed by atoms with E-state index >= 15 is 0 Å². The second kappa shape index (κ2) is 27.0. The summed E-state index contributed by atoms with van der Waals surface area (Å²) in [6, 6.07) is -1.06. The minimum Gasteiger partial charge on any atom is -0.461 e. The van der Waals surface area contributed by atoms with Crippen LogP contribution < -0.4 is 0 Å². The van der Waals surface area contributed by atoms with E-state index in [9.17, 15) is 39.3 Å². The maximum Gasteiger partial charge on any atom is 0.329 e. The summed E-state index contributed by atoms with van der Waals surface area (Å²) in [5, 5.41) is 34.3. The summed E-state index contributed by atoms with van der Waals surface area (Å²) in [6.07, 6.45) is 15.7. The SMILES string of the molecule is CO[C@@H]1C[C@H](C[C@@H](C)[C@@H]2CC[C@H](C)/C=C(\C)[C@@H](O)[C@@H](OC)C(=O)[C@H](C)C[C@H](C)/C=C/C=C/C=C(\C)C(CCN3CCN(C)C3=O)C[C@@H]3CC[C@@H](C)[C@@](O)(O3)C(=O)C(=O)N3CCCC[C@H]3C(=O)O2)CC[C@H]1O. The number of ether oxygens (including phenoxy) is 4. The highest BCUT2D eigenvalue weighted by atomic mass is 16.6. The van der Waals surface area contributed by atoms with Crippen molar-refractivity contribution >= 4 is 29.5 Å². The summed E-state index contributed by atoms with van der Waals surface area (Å²) < 4.78 is 24.1. The van der Waals surface area contributed by atoms with Gasteiger partial charge in [-0.05, 0) is 139 Å². The monoisotopic (exact) mass is 996 g/mol. The first-order valence-corrected chi connectivity index (χ1v) is 26.8. The first-order chi connectivity index (χ1) is 33.7. The summed E-state index contributed by atoms with van der Waals surface area (Å²) in [5.41, 5.74) is 1.63. The first-order valence-electron chi connectivity index (χ1n) is 26.8. The molecule has 0 aromatic carbocycles. The summed E-state index contributed by atoms with van der Waals surface area (Å²) in [5.74, 6) is -6.32. The number of hydrogen-bond donors (Lipinski definition) is 3. The van der Waals surface area contributed by atoms with Crippen LogP contribution in [0.3, 0.4) is 0 Å². The number of likely N-dealkylation sites (N-methyl/N-ethyl adjacent to an activating group) is 1. The predicted octanol–water partition coefficient (Wildman–Crippen LogP) is 7.36. The van der Waals surface area contributed by atoms with E-state index in [1.807, 2.05) is 69.1 Å². The number of urea groups is 1. The van der Waals surface area contributed by atoms with Crippen molar-refractivity contribution in [2.45, 2.75) is 187 Å². The number of aliphatic hydroxyl groups excluding tert-OH is 2. The molecule has 0 radical (unpaired) electrons. The Bertz CT molecular complexity index is 1930. The Hall–Kier alpha value is -3.73. The molecule has 0 spiro atoms. The Balaban J connectivity index is 1.46. The van der Waals surface area contributed by atoms with Crippen LogP contribution in [-0.2, 0) is 38.1 Å². The van der Waals surface area contributed by atoms with Crippen molar-refractivity contribution in [2.24, 2.45) is 41.4 Å². The number of allylic oxidation sites excluding steroid dienone is 7. The largest absolute Gasteiger partial charge is 0.461 e. The van der Waals surface area contributed by atoms with Crippen LogP contribution in [-0.4, -0.2) is 155 Å². The van der Waals surface area contributed by atoms with Crippen LogP contribution in [0.25, 0.3) is 0 Å². The Morgan fingerprint density at radius 1 is 0.817 bits per heavy atom. The van der Waals surface area contributed by atoms with Gasteiger partial charge in [-0.2, -0.15) is 0 Å². The van der Waals surface area contributed by atoms with Gasteiger partial charge in [0, 0.05) is 59.3 Å². The van der Waals surface area contributed by atoms with Crippen LogP contribution in [0.5, 0.6) is 0 Å². The summed E-state index contributed by atoms with van der Waals surface area (Å²) >= 11 is 0. The van der Waals surface area contributed by atoms with Crippen molar-refractivity contribution in [2.75, 3.05) is 47.4 Å². The fourth-order valence-electron chi connectivity index (χ4n) is 11.7. The standard InChI is InChI=1S/C56H89N3O12/c1-35-16-12-11-13-17-37(3)43(25-27-58-29-28-57(8)55(58)66)34-44-22-20-41(7)56(67,71-44)52(63)53(64)59-26-15-14-18-45(59)54(65)70-47(38(4)32-42-21-23-46(60)48(33-42)68-9)24-19-36(2)31-40(6)50(62)51(69-10)49(61)39(5)30-35/h11-13,16-17,31,35-36,38-39,41-48,50-51,60,62,67H,14-15,18-30,32-34H2,1-10H3/b13-11+,16-12+,37-17+,40-31+/t35-,36+,38-,39-,41-,42+,43?,44+,45+,46-,47+,48-,50-,51+,56-/m1/s1. The number of cyclic esters (lactones) is 1. The zero-order valence-corrected chi connectivity index (χ0v) is 44.6. The normalized spacial score (nSPS) is 39.2. The number of carbonyl (C=O) groups is 5. The molecule has 5 rings (SSSR count). The summed E-state index contributed by atoms with van der Waals surface area (Å²) in [6.45, 7) is 15.5. The quantitative estimate of drug-likeness (QED) is 0.125. The molecule has 4 heterocycles. The number of carbonyl (C=O) groups excluding carboxylic acids is 5. The molecule has 0 aromatic rings. The second-order valence-electron chi connectivity index (χ2n) is 22.1. The zero-order chi connectivity index (χ0) is 52.2.